The fourth-order valence-corrected chi connectivity index (χ4v) is 6.89. The monoisotopic (exact) mass is 438 g/mol. The minimum atomic E-state index is 1.22. The van der Waals surface area contributed by atoms with E-state index in [0.29, 0.717) is 0 Å². The molecule has 0 fully saturated rings. The van der Waals surface area contributed by atoms with Gasteiger partial charge in [-0.15, -0.1) is 22.7 Å². The van der Waals surface area contributed by atoms with Crippen molar-refractivity contribution in [2.24, 2.45) is 0 Å². The van der Waals surface area contributed by atoms with Crippen LogP contribution in [0, 0.1) is 0 Å². The van der Waals surface area contributed by atoms with E-state index in [4.69, 9.17) is 0 Å². The zero-order valence-electron chi connectivity index (χ0n) is 17.9. The summed E-state index contributed by atoms with van der Waals surface area (Å²) in [4.78, 5) is 1.54. The first-order valence-corrected chi connectivity index (χ1v) is 13.2. The van der Waals surface area contributed by atoms with Gasteiger partial charge in [0.1, 0.15) is 0 Å². The van der Waals surface area contributed by atoms with Crippen LogP contribution >= 0.6 is 22.7 Å². The smallest absolute Gasteiger partial charge is 0.0352 e. The van der Waals surface area contributed by atoms with Crippen molar-refractivity contribution < 1.29 is 0 Å². The summed E-state index contributed by atoms with van der Waals surface area (Å²) in [5.74, 6) is 0. The van der Waals surface area contributed by atoms with Gasteiger partial charge in [0.2, 0.25) is 0 Å². The highest BCUT2D eigenvalue weighted by Gasteiger charge is 2.09. The van der Waals surface area contributed by atoms with Crippen LogP contribution in [-0.2, 0) is 6.42 Å². The first-order valence-electron chi connectivity index (χ1n) is 11.5. The molecule has 0 saturated carbocycles. The van der Waals surface area contributed by atoms with Crippen molar-refractivity contribution >= 4 is 75.2 Å². The van der Waals surface area contributed by atoms with Crippen molar-refractivity contribution in [2.45, 2.75) is 45.4 Å². The van der Waals surface area contributed by atoms with Crippen molar-refractivity contribution in [1.29, 1.82) is 0 Å². The standard InChI is InChI=1S/C29H26S2/c1-2-3-4-5-6-7-23-16-22-15-20-9-11-24-25(27(20)18-29(22)31-23)10-8-19-14-21-12-13-30-28(21)17-26(19)24/h8-18H,2-7H2,1H3. The lowest BCUT2D eigenvalue weighted by atomic mass is 9.96. The highest BCUT2D eigenvalue weighted by Crippen LogP contribution is 2.38. The third kappa shape index (κ3) is 3.43. The topological polar surface area (TPSA) is 0 Å². The van der Waals surface area contributed by atoms with Crippen LogP contribution < -0.4 is 0 Å². The number of fused-ring (bicyclic) bond motifs is 7. The Bertz CT molecular complexity index is 1550. The molecule has 0 bridgehead atoms. The van der Waals surface area contributed by atoms with Crippen molar-refractivity contribution in [2.75, 3.05) is 0 Å². The van der Waals surface area contributed by atoms with Crippen LogP contribution in [0.4, 0.5) is 0 Å². The molecule has 0 aliphatic heterocycles. The fourth-order valence-electron chi connectivity index (χ4n) is 4.95. The van der Waals surface area contributed by atoms with E-state index in [9.17, 15) is 0 Å². The molecule has 2 heteroatoms. The Morgan fingerprint density at radius 3 is 2.06 bits per heavy atom. The van der Waals surface area contributed by atoms with Crippen molar-refractivity contribution in [3.8, 4) is 0 Å². The van der Waals surface area contributed by atoms with E-state index in [2.05, 4.69) is 73.0 Å². The Balaban J connectivity index is 1.45. The molecule has 0 spiro atoms. The lowest BCUT2D eigenvalue weighted by Crippen LogP contribution is -1.81. The van der Waals surface area contributed by atoms with Crippen LogP contribution in [-0.4, -0.2) is 0 Å². The van der Waals surface area contributed by atoms with Crippen molar-refractivity contribution in [3.63, 3.8) is 0 Å². The molecular weight excluding hydrogens is 412 g/mol. The molecule has 2 heterocycles. The van der Waals surface area contributed by atoms with Gasteiger partial charge in [0.05, 0.1) is 0 Å². The Morgan fingerprint density at radius 2 is 1.29 bits per heavy atom. The van der Waals surface area contributed by atoms with Gasteiger partial charge in [-0.2, -0.15) is 0 Å². The van der Waals surface area contributed by atoms with Gasteiger partial charge in [-0.05, 0) is 97.7 Å². The maximum Gasteiger partial charge on any atom is 0.0352 e. The third-order valence-corrected chi connectivity index (χ3v) is 8.66. The fraction of sp³-hybridized carbons (Fsp3) is 0.241. The highest BCUT2D eigenvalue weighted by molar-refractivity contribution is 7.19. The summed E-state index contributed by atoms with van der Waals surface area (Å²) in [5, 5.41) is 13.1. The van der Waals surface area contributed by atoms with Crippen LogP contribution in [0.1, 0.15) is 43.9 Å². The van der Waals surface area contributed by atoms with Gasteiger partial charge in [-0.25, -0.2) is 0 Å². The molecule has 4 aromatic carbocycles. The Morgan fingerprint density at radius 1 is 0.581 bits per heavy atom. The van der Waals surface area contributed by atoms with Gasteiger partial charge in [0.15, 0.2) is 0 Å². The molecule has 0 atom stereocenters. The minimum Gasteiger partial charge on any atom is -0.144 e. The summed E-state index contributed by atoms with van der Waals surface area (Å²) >= 11 is 3.82. The lowest BCUT2D eigenvalue weighted by molar-refractivity contribution is 0.634. The average molecular weight is 439 g/mol. The Kier molecular flexibility index (Phi) is 4.93. The predicted octanol–water partition coefficient (Wildman–Crippen LogP) is 10.1. The van der Waals surface area contributed by atoms with E-state index in [1.54, 1.807) is 0 Å². The second kappa shape index (κ2) is 7.93. The molecule has 2 aromatic heterocycles. The zero-order valence-corrected chi connectivity index (χ0v) is 19.5. The number of unbranched alkanes of at least 4 members (excludes halogenated alkanes) is 4. The first-order chi connectivity index (χ1) is 15.3. The largest absolute Gasteiger partial charge is 0.144 e. The van der Waals surface area contributed by atoms with E-state index >= 15 is 0 Å². The number of benzene rings is 4. The quantitative estimate of drug-likeness (QED) is 0.179. The lowest BCUT2D eigenvalue weighted by Gasteiger charge is -2.08. The Hall–Kier alpha value is -2.42. The summed E-state index contributed by atoms with van der Waals surface area (Å²) in [6.07, 6.45) is 7.97. The molecule has 6 aromatic rings. The zero-order chi connectivity index (χ0) is 20.8. The molecule has 6 rings (SSSR count). The third-order valence-electron chi connectivity index (χ3n) is 6.62. The molecular formula is C29H26S2. The summed E-state index contributed by atoms with van der Waals surface area (Å²) in [6.45, 7) is 2.28. The molecule has 0 nitrogen and oxygen atoms in total. The summed E-state index contributed by atoms with van der Waals surface area (Å²) in [6, 6.07) is 23.5. The van der Waals surface area contributed by atoms with E-state index < -0.39 is 0 Å². The number of thiophene rings is 2. The maximum absolute atomic E-state index is 2.44. The number of hydrogen-bond donors (Lipinski definition) is 0. The molecule has 154 valence electrons. The first kappa shape index (κ1) is 19.3. The van der Waals surface area contributed by atoms with Crippen LogP contribution in [0.25, 0.3) is 52.5 Å². The predicted molar refractivity (Wildman–Crippen MR) is 142 cm³/mol. The Labute approximate surface area is 191 Å². The summed E-state index contributed by atoms with van der Waals surface area (Å²) in [7, 11) is 0. The molecule has 31 heavy (non-hydrogen) atoms. The van der Waals surface area contributed by atoms with Gasteiger partial charge in [-0.3, -0.25) is 0 Å². The van der Waals surface area contributed by atoms with Gasteiger partial charge in [0.25, 0.3) is 0 Å². The summed E-state index contributed by atoms with van der Waals surface area (Å²) < 4.78 is 2.80. The molecule has 0 radical (unpaired) electrons. The molecule has 0 aliphatic carbocycles. The highest BCUT2D eigenvalue weighted by atomic mass is 32.1. The second-order valence-corrected chi connectivity index (χ2v) is 10.9. The van der Waals surface area contributed by atoms with Crippen molar-refractivity contribution in [3.05, 3.63) is 70.9 Å². The van der Waals surface area contributed by atoms with Crippen LogP contribution in [0.15, 0.2) is 66.0 Å². The van der Waals surface area contributed by atoms with Gasteiger partial charge in [0, 0.05) is 14.3 Å². The average Bonchev–Trinajstić information content (AvgIpc) is 3.41. The summed E-state index contributed by atoms with van der Waals surface area (Å²) in [5.41, 5.74) is 0. The van der Waals surface area contributed by atoms with Gasteiger partial charge in [-0.1, -0.05) is 56.9 Å². The van der Waals surface area contributed by atoms with Gasteiger partial charge < -0.3 is 0 Å². The van der Waals surface area contributed by atoms with E-state index in [1.807, 2.05) is 22.7 Å². The molecule has 0 saturated heterocycles. The minimum absolute atomic E-state index is 1.22. The second-order valence-electron chi connectivity index (χ2n) is 8.75. The molecule has 0 amide bonds. The normalized spacial score (nSPS) is 12.2. The van der Waals surface area contributed by atoms with Gasteiger partial charge >= 0.3 is 0 Å². The maximum atomic E-state index is 2.44. The van der Waals surface area contributed by atoms with Crippen LogP contribution in [0.5, 0.6) is 0 Å². The molecule has 0 N–H and O–H groups in total. The van der Waals surface area contributed by atoms with Crippen LogP contribution in [0.2, 0.25) is 0 Å². The molecule has 0 unspecified atom stereocenters. The van der Waals surface area contributed by atoms with E-state index in [-0.39, 0.29) is 0 Å². The van der Waals surface area contributed by atoms with Crippen molar-refractivity contribution in [1.82, 2.24) is 0 Å². The number of hydrogen-bond acceptors (Lipinski definition) is 2. The number of rotatable bonds is 6. The number of aryl methyl sites for hydroxylation is 1. The van der Waals surface area contributed by atoms with Crippen LogP contribution in [0.3, 0.4) is 0 Å². The van der Waals surface area contributed by atoms with E-state index in [0.717, 1.165) is 0 Å². The SMILES string of the molecule is CCCCCCCc1cc2cc3ccc4c5cc6sccc6cc5ccc4c3cc2s1. The molecule has 0 aliphatic rings. The van der Waals surface area contributed by atoms with E-state index in [1.165, 1.54) is 95.9 Å².